The lowest BCUT2D eigenvalue weighted by atomic mass is 9.85. The van der Waals surface area contributed by atoms with Crippen molar-refractivity contribution in [2.45, 2.75) is 51.6 Å². The molecule has 0 radical (unpaired) electrons. The van der Waals surface area contributed by atoms with Crippen molar-refractivity contribution in [2.24, 2.45) is 5.92 Å². The Labute approximate surface area is 150 Å². The summed E-state index contributed by atoms with van der Waals surface area (Å²) in [4.78, 5) is 14.3. The van der Waals surface area contributed by atoms with Crippen molar-refractivity contribution in [3.05, 3.63) is 18.0 Å². The van der Waals surface area contributed by atoms with Crippen molar-refractivity contribution in [3.63, 3.8) is 0 Å². The van der Waals surface area contributed by atoms with Crippen LogP contribution in [0.4, 0.5) is 0 Å². The van der Waals surface area contributed by atoms with Gasteiger partial charge in [-0.1, -0.05) is 6.42 Å². The Morgan fingerprint density at radius 3 is 2.52 bits per heavy atom. The first-order valence-corrected chi connectivity index (χ1v) is 10.9. The first-order valence-electron chi connectivity index (χ1n) is 9.08. The molecule has 8 heteroatoms. The van der Waals surface area contributed by atoms with Gasteiger partial charge in [0.2, 0.25) is 15.9 Å². The van der Waals surface area contributed by atoms with Crippen LogP contribution in [0.25, 0.3) is 0 Å². The Kier molecular flexibility index (Phi) is 5.48. The maximum absolute atomic E-state index is 12.4. The summed E-state index contributed by atoms with van der Waals surface area (Å²) in [5.41, 5.74) is 1.05. The molecule has 2 fully saturated rings. The minimum Gasteiger partial charge on any atom is -0.341 e. The van der Waals surface area contributed by atoms with Gasteiger partial charge in [-0.05, 0) is 44.1 Å². The molecule has 0 aromatic carbocycles. The molecule has 0 unspecified atom stereocenters. The van der Waals surface area contributed by atoms with Gasteiger partial charge in [0.05, 0.1) is 12.5 Å². The van der Waals surface area contributed by atoms with E-state index in [2.05, 4.69) is 5.10 Å². The number of aromatic nitrogens is 2. The number of sulfonamides is 1. The van der Waals surface area contributed by atoms with Gasteiger partial charge in [0.15, 0.2) is 0 Å². The number of likely N-dealkylation sites (tertiary alicyclic amines) is 1. The van der Waals surface area contributed by atoms with E-state index in [1.165, 1.54) is 6.26 Å². The third-order valence-corrected chi connectivity index (χ3v) is 6.73. The van der Waals surface area contributed by atoms with Crippen LogP contribution < -0.4 is 0 Å². The smallest absolute Gasteiger partial charge is 0.244 e. The molecule has 1 aromatic heterocycles. The largest absolute Gasteiger partial charge is 0.341 e. The normalized spacial score (nSPS) is 23.8. The minimum atomic E-state index is -3.15. The van der Waals surface area contributed by atoms with Gasteiger partial charge in [0, 0.05) is 31.9 Å². The van der Waals surface area contributed by atoms with Gasteiger partial charge >= 0.3 is 0 Å². The average Bonchev–Trinajstić information content (AvgIpc) is 2.99. The van der Waals surface area contributed by atoms with Crippen molar-refractivity contribution >= 4 is 15.9 Å². The number of piperidine rings is 2. The Morgan fingerprint density at radius 2 is 1.92 bits per heavy atom. The Hall–Kier alpha value is -1.41. The lowest BCUT2D eigenvalue weighted by molar-refractivity contribution is -0.133. The number of hydrogen-bond acceptors (Lipinski definition) is 4. The zero-order valence-corrected chi connectivity index (χ0v) is 15.9. The average molecular weight is 369 g/mol. The molecule has 0 spiro atoms. The standard InChI is InChI=1S/C17H28N4O3S/c1-14-11-18-20(12-14)13-17(22)19-9-6-15(7-10-19)16-5-3-4-8-21(16)25(2,23)24/h11-12,15-16H,3-10,13H2,1-2H3/t16-/m0/s1. The third-order valence-electron chi connectivity index (χ3n) is 5.42. The maximum Gasteiger partial charge on any atom is 0.244 e. The molecule has 0 aliphatic carbocycles. The van der Waals surface area contributed by atoms with E-state index in [1.54, 1.807) is 15.2 Å². The minimum absolute atomic E-state index is 0.0881. The summed E-state index contributed by atoms with van der Waals surface area (Å²) in [5, 5.41) is 4.17. The molecule has 0 saturated carbocycles. The second-order valence-corrected chi connectivity index (χ2v) is 9.31. The van der Waals surface area contributed by atoms with E-state index in [4.69, 9.17) is 0 Å². The molecule has 1 aromatic rings. The van der Waals surface area contributed by atoms with Crippen molar-refractivity contribution in [1.29, 1.82) is 0 Å². The summed E-state index contributed by atoms with van der Waals surface area (Å²) < 4.78 is 27.5. The second-order valence-electron chi connectivity index (χ2n) is 7.37. The first-order chi connectivity index (χ1) is 11.8. The molecule has 3 heterocycles. The SMILES string of the molecule is Cc1cnn(CC(=O)N2CCC([C@@H]3CCCCN3S(C)(=O)=O)CC2)c1. The molecule has 140 valence electrons. The van der Waals surface area contributed by atoms with E-state index in [0.29, 0.717) is 25.6 Å². The molecule has 3 rings (SSSR count). The van der Waals surface area contributed by atoms with Gasteiger partial charge in [-0.2, -0.15) is 9.40 Å². The number of nitrogens with zero attached hydrogens (tertiary/aromatic N) is 4. The zero-order valence-electron chi connectivity index (χ0n) is 15.1. The third kappa shape index (κ3) is 4.41. The molecule has 2 aliphatic rings. The molecular formula is C17H28N4O3S. The fourth-order valence-electron chi connectivity index (χ4n) is 4.14. The number of carbonyl (C=O) groups is 1. The summed E-state index contributed by atoms with van der Waals surface area (Å²) in [6, 6.07) is 0.106. The van der Waals surface area contributed by atoms with Gasteiger partial charge in [0.1, 0.15) is 6.54 Å². The van der Waals surface area contributed by atoms with E-state index < -0.39 is 10.0 Å². The van der Waals surface area contributed by atoms with Crippen LogP contribution in [0.2, 0.25) is 0 Å². The number of rotatable bonds is 4. The predicted molar refractivity (Wildman–Crippen MR) is 95.5 cm³/mol. The van der Waals surface area contributed by atoms with E-state index >= 15 is 0 Å². The van der Waals surface area contributed by atoms with Gasteiger partial charge in [-0.15, -0.1) is 0 Å². The van der Waals surface area contributed by atoms with Crippen molar-refractivity contribution in [2.75, 3.05) is 25.9 Å². The van der Waals surface area contributed by atoms with Crippen LogP contribution >= 0.6 is 0 Å². The number of aryl methyl sites for hydroxylation is 1. The Morgan fingerprint density at radius 1 is 1.20 bits per heavy atom. The molecule has 1 atom stereocenters. The monoisotopic (exact) mass is 368 g/mol. The van der Waals surface area contributed by atoms with Crippen molar-refractivity contribution in [1.82, 2.24) is 19.0 Å². The highest BCUT2D eigenvalue weighted by atomic mass is 32.2. The molecule has 2 saturated heterocycles. The molecule has 7 nitrogen and oxygen atoms in total. The molecule has 0 bridgehead atoms. The number of hydrogen-bond donors (Lipinski definition) is 0. The highest BCUT2D eigenvalue weighted by molar-refractivity contribution is 7.88. The number of amides is 1. The van der Waals surface area contributed by atoms with Crippen LogP contribution in [-0.4, -0.2) is 65.2 Å². The topological polar surface area (TPSA) is 75.5 Å². The molecule has 1 amide bonds. The van der Waals surface area contributed by atoms with Gasteiger partial charge in [0.25, 0.3) is 0 Å². The Bertz CT molecular complexity index is 707. The van der Waals surface area contributed by atoms with Crippen LogP contribution in [0.3, 0.4) is 0 Å². The quantitative estimate of drug-likeness (QED) is 0.801. The van der Waals surface area contributed by atoms with Crippen LogP contribution in [0.1, 0.15) is 37.7 Å². The van der Waals surface area contributed by atoms with Crippen LogP contribution in [-0.2, 0) is 21.4 Å². The molecule has 2 aliphatic heterocycles. The van der Waals surface area contributed by atoms with Crippen molar-refractivity contribution in [3.8, 4) is 0 Å². The molecule has 0 N–H and O–H groups in total. The van der Waals surface area contributed by atoms with E-state index in [9.17, 15) is 13.2 Å². The van der Waals surface area contributed by atoms with Crippen LogP contribution in [0.15, 0.2) is 12.4 Å². The highest BCUT2D eigenvalue weighted by Gasteiger charge is 2.37. The highest BCUT2D eigenvalue weighted by Crippen LogP contribution is 2.31. The summed E-state index contributed by atoms with van der Waals surface area (Å²) in [5.74, 6) is 0.441. The lowest BCUT2D eigenvalue weighted by Gasteiger charge is -2.42. The lowest BCUT2D eigenvalue weighted by Crippen LogP contribution is -2.50. The summed E-state index contributed by atoms with van der Waals surface area (Å²) >= 11 is 0. The first kappa shape index (κ1) is 18.4. The molecule has 25 heavy (non-hydrogen) atoms. The maximum atomic E-state index is 12.4. The van der Waals surface area contributed by atoms with Gasteiger partial charge in [-0.3, -0.25) is 9.48 Å². The predicted octanol–water partition coefficient (Wildman–Crippen LogP) is 1.24. The van der Waals surface area contributed by atoms with Crippen LogP contribution in [0.5, 0.6) is 0 Å². The zero-order chi connectivity index (χ0) is 18.0. The number of carbonyl (C=O) groups excluding carboxylic acids is 1. The molecular weight excluding hydrogens is 340 g/mol. The fourth-order valence-corrected chi connectivity index (χ4v) is 5.37. The van der Waals surface area contributed by atoms with E-state index in [-0.39, 0.29) is 18.5 Å². The Balaban J connectivity index is 1.56. The van der Waals surface area contributed by atoms with Crippen LogP contribution in [0, 0.1) is 12.8 Å². The summed E-state index contributed by atoms with van der Waals surface area (Å²) in [6.07, 6.45) is 9.67. The summed E-state index contributed by atoms with van der Waals surface area (Å²) in [7, 11) is -3.15. The second kappa shape index (κ2) is 7.45. The van der Waals surface area contributed by atoms with Gasteiger partial charge < -0.3 is 4.90 Å². The van der Waals surface area contributed by atoms with Gasteiger partial charge in [-0.25, -0.2) is 8.42 Å². The van der Waals surface area contributed by atoms with E-state index in [1.807, 2.05) is 18.0 Å². The van der Waals surface area contributed by atoms with E-state index in [0.717, 1.165) is 37.7 Å². The fraction of sp³-hybridized carbons (Fsp3) is 0.765. The van der Waals surface area contributed by atoms with Crippen molar-refractivity contribution < 1.29 is 13.2 Å². The summed E-state index contributed by atoms with van der Waals surface area (Å²) in [6.45, 7) is 4.28.